The number of hydrogen-bond acceptors (Lipinski definition) is 7. The van der Waals surface area contributed by atoms with Gasteiger partial charge in [0.15, 0.2) is 0 Å². The molecule has 6 nitrogen and oxygen atoms in total. The molecular formula is C17H13BrN4O2S2. The van der Waals surface area contributed by atoms with Gasteiger partial charge in [0.1, 0.15) is 10.7 Å². The van der Waals surface area contributed by atoms with E-state index in [2.05, 4.69) is 36.1 Å². The molecule has 0 aliphatic rings. The molecule has 26 heavy (non-hydrogen) atoms. The molecule has 3 heterocycles. The smallest absolute Gasteiger partial charge is 0.277 e. The minimum Gasteiger partial charge on any atom is -0.411 e. The summed E-state index contributed by atoms with van der Waals surface area (Å²) < 4.78 is 6.63. The highest BCUT2D eigenvalue weighted by molar-refractivity contribution is 9.10. The fourth-order valence-corrected chi connectivity index (χ4v) is 4.59. The third kappa shape index (κ3) is 3.34. The van der Waals surface area contributed by atoms with Gasteiger partial charge in [0.05, 0.1) is 11.1 Å². The molecular weight excluding hydrogens is 436 g/mol. The molecule has 0 unspecified atom stereocenters. The van der Waals surface area contributed by atoms with Gasteiger partial charge >= 0.3 is 0 Å². The van der Waals surface area contributed by atoms with Gasteiger partial charge < -0.3 is 9.40 Å². The van der Waals surface area contributed by atoms with E-state index >= 15 is 0 Å². The first-order valence-corrected chi connectivity index (χ1v) is 10.3. The maximum atomic E-state index is 12.3. The second-order valence-electron chi connectivity index (χ2n) is 5.65. The largest absolute Gasteiger partial charge is 0.411 e. The lowest BCUT2D eigenvalue weighted by atomic mass is 10.2. The molecule has 1 N–H and O–H groups in total. The summed E-state index contributed by atoms with van der Waals surface area (Å²) in [6, 6.07) is 7.66. The van der Waals surface area contributed by atoms with Crippen LogP contribution in [0.15, 0.2) is 43.2 Å². The van der Waals surface area contributed by atoms with E-state index in [1.807, 2.05) is 38.1 Å². The fourth-order valence-electron chi connectivity index (χ4n) is 2.50. The highest BCUT2D eigenvalue weighted by atomic mass is 79.9. The Morgan fingerprint density at radius 2 is 2.15 bits per heavy atom. The van der Waals surface area contributed by atoms with Crippen molar-refractivity contribution >= 4 is 49.2 Å². The van der Waals surface area contributed by atoms with Crippen LogP contribution in [0.4, 0.5) is 0 Å². The van der Waals surface area contributed by atoms with Crippen LogP contribution in [0, 0.1) is 13.8 Å². The standard InChI is InChI=1S/C17H13BrN4O2S2/c1-8-9(2)26-16-13(8)14(23)19-12(20-16)7-25-17-22-21-15(24-17)10-4-3-5-11(18)6-10/h3-6H,7H2,1-2H3,(H,19,20,23). The highest BCUT2D eigenvalue weighted by Gasteiger charge is 2.14. The average Bonchev–Trinajstić information content (AvgIpc) is 3.18. The first-order chi connectivity index (χ1) is 12.5. The van der Waals surface area contributed by atoms with Crippen LogP contribution < -0.4 is 5.56 Å². The summed E-state index contributed by atoms with van der Waals surface area (Å²) in [4.78, 5) is 21.6. The average molecular weight is 449 g/mol. The number of thiophene rings is 1. The van der Waals surface area contributed by atoms with Gasteiger partial charge in [0.2, 0.25) is 5.89 Å². The summed E-state index contributed by atoms with van der Waals surface area (Å²) in [7, 11) is 0. The monoisotopic (exact) mass is 448 g/mol. The number of halogens is 1. The maximum absolute atomic E-state index is 12.3. The van der Waals surface area contributed by atoms with E-state index in [0.717, 1.165) is 25.3 Å². The molecule has 0 bridgehead atoms. The molecule has 0 saturated heterocycles. The number of rotatable bonds is 4. The van der Waals surface area contributed by atoms with E-state index in [9.17, 15) is 4.79 Å². The van der Waals surface area contributed by atoms with E-state index in [4.69, 9.17) is 4.42 Å². The van der Waals surface area contributed by atoms with Gasteiger partial charge in [-0.25, -0.2) is 4.98 Å². The van der Waals surface area contributed by atoms with Crippen molar-refractivity contribution in [2.24, 2.45) is 0 Å². The van der Waals surface area contributed by atoms with Crippen molar-refractivity contribution in [1.29, 1.82) is 0 Å². The van der Waals surface area contributed by atoms with E-state index in [1.54, 1.807) is 0 Å². The van der Waals surface area contributed by atoms with Crippen molar-refractivity contribution in [3.63, 3.8) is 0 Å². The predicted octanol–water partition coefficient (Wildman–Crippen LogP) is 4.71. The van der Waals surface area contributed by atoms with Crippen molar-refractivity contribution in [1.82, 2.24) is 20.2 Å². The van der Waals surface area contributed by atoms with Crippen molar-refractivity contribution in [3.8, 4) is 11.5 Å². The molecule has 0 atom stereocenters. The summed E-state index contributed by atoms with van der Waals surface area (Å²) >= 11 is 6.30. The highest BCUT2D eigenvalue weighted by Crippen LogP contribution is 2.28. The van der Waals surface area contributed by atoms with Crippen LogP contribution in [0.3, 0.4) is 0 Å². The summed E-state index contributed by atoms with van der Waals surface area (Å²) in [6.45, 7) is 3.94. The molecule has 0 radical (unpaired) electrons. The number of fused-ring (bicyclic) bond motifs is 1. The molecule has 4 aromatic rings. The number of benzene rings is 1. The van der Waals surface area contributed by atoms with Crippen molar-refractivity contribution in [3.05, 3.63) is 55.4 Å². The van der Waals surface area contributed by atoms with E-state index < -0.39 is 0 Å². The van der Waals surface area contributed by atoms with Crippen molar-refractivity contribution in [2.75, 3.05) is 0 Å². The summed E-state index contributed by atoms with van der Waals surface area (Å²) in [5.41, 5.74) is 1.73. The van der Waals surface area contributed by atoms with Gasteiger partial charge in [-0.15, -0.1) is 21.5 Å². The van der Waals surface area contributed by atoms with Gasteiger partial charge in [-0.05, 0) is 37.6 Å². The van der Waals surface area contributed by atoms with Gasteiger partial charge in [0.25, 0.3) is 10.8 Å². The minimum atomic E-state index is -0.104. The third-order valence-corrected chi connectivity index (χ3v) is 6.32. The van der Waals surface area contributed by atoms with Crippen LogP contribution in [0.2, 0.25) is 0 Å². The van der Waals surface area contributed by atoms with Crippen LogP contribution >= 0.6 is 39.0 Å². The topological polar surface area (TPSA) is 84.7 Å². The Balaban J connectivity index is 1.55. The Morgan fingerprint density at radius 3 is 2.96 bits per heavy atom. The number of aromatic nitrogens is 4. The lowest BCUT2D eigenvalue weighted by Crippen LogP contribution is -2.10. The first-order valence-electron chi connectivity index (χ1n) is 7.72. The Bertz CT molecular complexity index is 1170. The zero-order valence-electron chi connectivity index (χ0n) is 13.9. The first kappa shape index (κ1) is 17.4. The molecule has 3 aromatic heterocycles. The molecule has 4 rings (SSSR count). The molecule has 0 fully saturated rings. The Kier molecular flexibility index (Phi) is 4.68. The summed E-state index contributed by atoms with van der Waals surface area (Å²) in [6.07, 6.45) is 0. The number of thioether (sulfide) groups is 1. The molecule has 0 aliphatic carbocycles. The number of nitrogens with one attached hydrogen (secondary N) is 1. The second kappa shape index (κ2) is 6.98. The quantitative estimate of drug-likeness (QED) is 0.455. The van der Waals surface area contributed by atoms with Crippen LogP contribution in [0.25, 0.3) is 21.7 Å². The molecule has 9 heteroatoms. The number of hydrogen-bond donors (Lipinski definition) is 1. The van der Waals surface area contributed by atoms with Gasteiger partial charge in [-0.1, -0.05) is 33.8 Å². The van der Waals surface area contributed by atoms with Gasteiger partial charge in [-0.3, -0.25) is 4.79 Å². The molecule has 0 amide bonds. The lowest BCUT2D eigenvalue weighted by molar-refractivity contribution is 0.465. The summed E-state index contributed by atoms with van der Waals surface area (Å²) in [5, 5.41) is 9.24. The zero-order chi connectivity index (χ0) is 18.3. The molecule has 1 aromatic carbocycles. The van der Waals surface area contributed by atoms with Crippen LogP contribution in [0.1, 0.15) is 16.3 Å². The van der Waals surface area contributed by atoms with E-state index in [0.29, 0.717) is 28.1 Å². The Labute approximate surface area is 165 Å². The number of H-pyrrole nitrogens is 1. The SMILES string of the molecule is Cc1sc2nc(CSc3nnc(-c4cccc(Br)c4)o3)[nH]c(=O)c2c1C. The van der Waals surface area contributed by atoms with Crippen LogP contribution in [-0.2, 0) is 5.75 Å². The summed E-state index contributed by atoms with van der Waals surface area (Å²) in [5.74, 6) is 1.49. The lowest BCUT2D eigenvalue weighted by Gasteiger charge is -1.99. The molecule has 0 aliphatic heterocycles. The second-order valence-corrected chi connectivity index (χ2v) is 8.69. The minimum absolute atomic E-state index is 0.104. The van der Waals surface area contributed by atoms with Crippen LogP contribution in [0.5, 0.6) is 0 Å². The molecule has 0 saturated carbocycles. The third-order valence-electron chi connectivity index (χ3n) is 3.90. The van der Waals surface area contributed by atoms with E-state index in [1.165, 1.54) is 23.1 Å². The predicted molar refractivity (Wildman–Crippen MR) is 107 cm³/mol. The van der Waals surface area contributed by atoms with Gasteiger partial charge in [0, 0.05) is 14.9 Å². The maximum Gasteiger partial charge on any atom is 0.277 e. The fraction of sp³-hybridized carbons (Fsp3) is 0.176. The van der Waals surface area contributed by atoms with Gasteiger partial charge in [-0.2, -0.15) is 0 Å². The van der Waals surface area contributed by atoms with Crippen molar-refractivity contribution in [2.45, 2.75) is 24.8 Å². The zero-order valence-corrected chi connectivity index (χ0v) is 17.1. The van der Waals surface area contributed by atoms with Crippen LogP contribution in [-0.4, -0.2) is 20.2 Å². The number of nitrogens with zero attached hydrogens (tertiary/aromatic N) is 3. The Morgan fingerprint density at radius 1 is 1.31 bits per heavy atom. The number of aryl methyl sites for hydroxylation is 2. The number of aromatic amines is 1. The molecule has 132 valence electrons. The van der Waals surface area contributed by atoms with Crippen molar-refractivity contribution < 1.29 is 4.42 Å². The normalized spacial score (nSPS) is 11.3. The van der Waals surface area contributed by atoms with E-state index in [-0.39, 0.29) is 5.56 Å². The Hall–Kier alpha value is -1.97. The molecule has 0 spiro atoms.